The van der Waals surface area contributed by atoms with Gasteiger partial charge in [0.25, 0.3) is 0 Å². The van der Waals surface area contributed by atoms with Crippen LogP contribution in [0.1, 0.15) is 12.0 Å². The molecule has 0 saturated carbocycles. The van der Waals surface area contributed by atoms with Crippen molar-refractivity contribution in [3.8, 4) is 0 Å². The van der Waals surface area contributed by atoms with Crippen molar-refractivity contribution in [2.45, 2.75) is 6.42 Å². The molecule has 1 rings (SSSR count). The summed E-state index contributed by atoms with van der Waals surface area (Å²) in [7, 11) is 0. The van der Waals surface area contributed by atoms with Gasteiger partial charge in [0.05, 0.1) is 0 Å². The third kappa shape index (κ3) is 2.72. The molecule has 0 spiro atoms. The van der Waals surface area contributed by atoms with E-state index in [-0.39, 0.29) is 5.48 Å². The maximum Gasteiger partial charge on any atom is -0.0100 e. The topological polar surface area (TPSA) is 31.5 Å². The van der Waals surface area contributed by atoms with Crippen LogP contribution in [0.3, 0.4) is 0 Å². The van der Waals surface area contributed by atoms with E-state index in [4.69, 9.17) is 0 Å². The summed E-state index contributed by atoms with van der Waals surface area (Å²) in [5.74, 6) is 0. The predicted octanol–water partition coefficient (Wildman–Crippen LogP) is 2.45. The molecule has 0 aromatic heterocycles. The van der Waals surface area contributed by atoms with Crippen molar-refractivity contribution in [1.29, 1.82) is 0 Å². The molecule has 0 amide bonds. The highest BCUT2D eigenvalue weighted by Crippen LogP contribution is 2.14. The van der Waals surface area contributed by atoms with Crippen LogP contribution in [0.25, 0.3) is 5.57 Å². The van der Waals surface area contributed by atoms with E-state index < -0.39 is 0 Å². The fourth-order valence-electron chi connectivity index (χ4n) is 0.966. The Morgan fingerprint density at radius 2 is 1.83 bits per heavy atom. The Bertz CT molecular complexity index is 249. The maximum absolute atomic E-state index is 3.94. The van der Waals surface area contributed by atoms with Gasteiger partial charge in [-0.15, -0.1) is 6.58 Å². The second-order valence-electron chi connectivity index (χ2n) is 2.46. The molecule has 1 nitrogen and oxygen atoms in total. The minimum Gasteiger partial charge on any atom is -0.412 e. The first-order chi connectivity index (χ1) is 5.34. The van der Waals surface area contributed by atoms with Crippen LogP contribution in [0.2, 0.25) is 0 Å². The predicted molar refractivity (Wildman–Crippen MR) is 53.9 cm³/mol. The molecular weight excluding hydrogens is 148 g/mol. The zero-order valence-corrected chi connectivity index (χ0v) is 7.09. The first-order valence-corrected chi connectivity index (χ1v) is 3.68. The van der Waals surface area contributed by atoms with Crippen molar-refractivity contribution in [2.75, 3.05) is 0 Å². The lowest BCUT2D eigenvalue weighted by Crippen LogP contribution is -1.78. The summed E-state index contributed by atoms with van der Waals surface area (Å²) in [5, 5.41) is 0. The van der Waals surface area contributed by atoms with Gasteiger partial charge in [-0.25, -0.2) is 0 Å². The van der Waals surface area contributed by atoms with Gasteiger partial charge < -0.3 is 5.48 Å². The molecule has 0 aliphatic heterocycles. The molecule has 1 aromatic carbocycles. The largest absolute Gasteiger partial charge is 0.412 e. The van der Waals surface area contributed by atoms with Crippen molar-refractivity contribution in [3.05, 3.63) is 55.1 Å². The van der Waals surface area contributed by atoms with Gasteiger partial charge in [0, 0.05) is 0 Å². The van der Waals surface area contributed by atoms with Crippen LogP contribution in [0.4, 0.5) is 0 Å². The van der Waals surface area contributed by atoms with Crippen molar-refractivity contribution in [3.63, 3.8) is 0 Å². The molecule has 64 valence electrons. The van der Waals surface area contributed by atoms with Crippen LogP contribution in [0.5, 0.6) is 0 Å². The molecule has 0 atom stereocenters. The van der Waals surface area contributed by atoms with Crippen molar-refractivity contribution in [2.24, 2.45) is 0 Å². The van der Waals surface area contributed by atoms with Crippen LogP contribution < -0.4 is 0 Å². The summed E-state index contributed by atoms with van der Waals surface area (Å²) in [5.41, 5.74) is 2.33. The van der Waals surface area contributed by atoms with E-state index in [0.29, 0.717) is 0 Å². The summed E-state index contributed by atoms with van der Waals surface area (Å²) in [4.78, 5) is 0. The lowest BCUT2D eigenvalue weighted by molar-refractivity contribution is 0.824. The highest BCUT2D eigenvalue weighted by Gasteiger charge is 1.92. The fraction of sp³-hybridized carbons (Fsp3) is 0.0909. The molecule has 0 heterocycles. The second-order valence-corrected chi connectivity index (χ2v) is 2.46. The van der Waals surface area contributed by atoms with Crippen LogP contribution in [-0.4, -0.2) is 5.48 Å². The fourth-order valence-corrected chi connectivity index (χ4v) is 0.966. The number of hydrogen-bond acceptors (Lipinski definition) is 0. The molecular formula is C11H14O. The number of hydrogen-bond donors (Lipinski definition) is 0. The van der Waals surface area contributed by atoms with Gasteiger partial charge in [0.1, 0.15) is 0 Å². The number of allylic oxidation sites excluding steroid dienone is 2. The highest BCUT2D eigenvalue weighted by atomic mass is 16.0. The average Bonchev–Trinajstić information content (AvgIpc) is 2.07. The molecule has 0 fully saturated rings. The lowest BCUT2D eigenvalue weighted by Gasteiger charge is -2.00. The van der Waals surface area contributed by atoms with Gasteiger partial charge >= 0.3 is 0 Å². The summed E-state index contributed by atoms with van der Waals surface area (Å²) in [6.07, 6.45) is 2.74. The van der Waals surface area contributed by atoms with Crippen LogP contribution in [0.15, 0.2) is 49.6 Å². The Kier molecular flexibility index (Phi) is 4.73. The smallest absolute Gasteiger partial charge is 0.0100 e. The van der Waals surface area contributed by atoms with Gasteiger partial charge in [-0.1, -0.05) is 43.0 Å². The molecule has 0 unspecified atom stereocenters. The molecule has 0 saturated heterocycles. The van der Waals surface area contributed by atoms with Crippen molar-refractivity contribution in [1.82, 2.24) is 0 Å². The molecule has 0 bridgehead atoms. The van der Waals surface area contributed by atoms with Crippen LogP contribution >= 0.6 is 0 Å². The SMILES string of the molecule is C=CCC(=C)c1ccccc1.O. The average molecular weight is 162 g/mol. The normalized spacial score (nSPS) is 8.33. The maximum atomic E-state index is 3.94. The van der Waals surface area contributed by atoms with Crippen LogP contribution in [-0.2, 0) is 0 Å². The zero-order chi connectivity index (χ0) is 8.10. The summed E-state index contributed by atoms with van der Waals surface area (Å²) in [6, 6.07) is 10.2. The van der Waals surface area contributed by atoms with E-state index >= 15 is 0 Å². The molecule has 12 heavy (non-hydrogen) atoms. The van der Waals surface area contributed by atoms with Gasteiger partial charge in [0.2, 0.25) is 0 Å². The Hall–Kier alpha value is -1.34. The number of rotatable bonds is 3. The van der Waals surface area contributed by atoms with Crippen molar-refractivity contribution >= 4 is 5.57 Å². The Balaban J connectivity index is 0.00000121. The van der Waals surface area contributed by atoms with E-state index in [2.05, 4.69) is 25.3 Å². The first kappa shape index (κ1) is 10.7. The van der Waals surface area contributed by atoms with Crippen LogP contribution in [0, 0.1) is 0 Å². The monoisotopic (exact) mass is 162 g/mol. The quantitative estimate of drug-likeness (QED) is 0.611. The lowest BCUT2D eigenvalue weighted by atomic mass is 10.1. The highest BCUT2D eigenvalue weighted by molar-refractivity contribution is 5.64. The molecule has 0 aliphatic carbocycles. The third-order valence-corrected chi connectivity index (χ3v) is 1.57. The molecule has 0 aliphatic rings. The zero-order valence-electron chi connectivity index (χ0n) is 7.09. The minimum absolute atomic E-state index is 0. The first-order valence-electron chi connectivity index (χ1n) is 3.68. The Morgan fingerprint density at radius 3 is 2.33 bits per heavy atom. The van der Waals surface area contributed by atoms with E-state index in [1.165, 1.54) is 5.56 Å². The molecule has 2 N–H and O–H groups in total. The van der Waals surface area contributed by atoms with E-state index in [1.54, 1.807) is 0 Å². The molecule has 1 heteroatoms. The van der Waals surface area contributed by atoms with Gasteiger partial charge in [0.15, 0.2) is 0 Å². The second kappa shape index (κ2) is 5.33. The summed E-state index contributed by atoms with van der Waals surface area (Å²) >= 11 is 0. The minimum atomic E-state index is 0. The standard InChI is InChI=1S/C11H12.H2O/c1-3-7-10(2)11-8-5-4-6-9-11;/h3-6,8-9H,1-2,7H2;1H2. The van der Waals surface area contributed by atoms with E-state index in [1.807, 2.05) is 24.3 Å². The Morgan fingerprint density at radius 1 is 1.25 bits per heavy atom. The Labute approximate surface area is 73.4 Å². The summed E-state index contributed by atoms with van der Waals surface area (Å²) < 4.78 is 0. The van der Waals surface area contributed by atoms with Gasteiger partial charge in [-0.05, 0) is 17.6 Å². The van der Waals surface area contributed by atoms with Gasteiger partial charge in [-0.2, -0.15) is 0 Å². The van der Waals surface area contributed by atoms with Gasteiger partial charge in [-0.3, -0.25) is 0 Å². The summed E-state index contributed by atoms with van der Waals surface area (Å²) in [6.45, 7) is 7.61. The van der Waals surface area contributed by atoms with E-state index in [9.17, 15) is 0 Å². The number of benzene rings is 1. The van der Waals surface area contributed by atoms with E-state index in [0.717, 1.165) is 12.0 Å². The van der Waals surface area contributed by atoms with Crippen molar-refractivity contribution < 1.29 is 5.48 Å². The third-order valence-electron chi connectivity index (χ3n) is 1.57. The molecule has 0 radical (unpaired) electrons. The molecule has 1 aromatic rings.